The quantitative estimate of drug-likeness (QED) is 0.644. The molecule has 1 heterocycles. The molecule has 0 spiro atoms. The van der Waals surface area contributed by atoms with Crippen molar-refractivity contribution in [3.8, 4) is 0 Å². The Hall–Kier alpha value is -0.820. The van der Waals surface area contributed by atoms with Gasteiger partial charge in [0.15, 0.2) is 0 Å². The van der Waals surface area contributed by atoms with Gasteiger partial charge < -0.3 is 4.74 Å². The number of rotatable bonds is 3. The molecule has 0 aromatic heterocycles. The van der Waals surface area contributed by atoms with Crippen molar-refractivity contribution in [2.75, 3.05) is 0 Å². The fraction of sp³-hybridized carbons (Fsp3) is 0.500. The van der Waals surface area contributed by atoms with Crippen LogP contribution in [0.15, 0.2) is 30.3 Å². The van der Waals surface area contributed by atoms with Gasteiger partial charge in [-0.05, 0) is 17.9 Å². The Balaban J connectivity index is 1.93. The minimum Gasteiger partial charge on any atom is -0.364 e. The number of ether oxygens (including phenoxy) is 1. The van der Waals surface area contributed by atoms with Crippen LogP contribution in [-0.2, 0) is 4.74 Å². The van der Waals surface area contributed by atoms with E-state index in [1.165, 1.54) is 12.0 Å². The van der Waals surface area contributed by atoms with Crippen LogP contribution in [0, 0.1) is 5.92 Å². The van der Waals surface area contributed by atoms with Crippen LogP contribution in [0.1, 0.15) is 31.9 Å². The van der Waals surface area contributed by atoms with Crippen molar-refractivity contribution in [3.63, 3.8) is 0 Å². The molecular formula is C12H16O. The summed E-state index contributed by atoms with van der Waals surface area (Å²) in [5.41, 5.74) is 1.33. The van der Waals surface area contributed by atoms with Crippen molar-refractivity contribution in [2.45, 2.75) is 32.5 Å². The van der Waals surface area contributed by atoms with Crippen LogP contribution in [0.3, 0.4) is 0 Å². The Labute approximate surface area is 79.7 Å². The van der Waals surface area contributed by atoms with Crippen molar-refractivity contribution in [2.24, 2.45) is 5.92 Å². The van der Waals surface area contributed by atoms with E-state index in [0.29, 0.717) is 12.2 Å². The molecule has 1 saturated heterocycles. The fourth-order valence-corrected chi connectivity index (χ4v) is 1.72. The number of hydrogen-bond donors (Lipinski definition) is 0. The van der Waals surface area contributed by atoms with Gasteiger partial charge in [0.25, 0.3) is 0 Å². The van der Waals surface area contributed by atoms with Crippen LogP contribution in [0.25, 0.3) is 0 Å². The van der Waals surface area contributed by atoms with E-state index in [1.807, 2.05) is 6.07 Å². The molecule has 0 unspecified atom stereocenters. The third-order valence-electron chi connectivity index (χ3n) is 2.41. The Morgan fingerprint density at radius 3 is 2.54 bits per heavy atom. The standard InChI is InChI=1S/C12H16O/c1-9(2)8-11-12(13-11)10-6-4-3-5-7-10/h3-7,9,11-12H,8H2,1-2H3/t11-,12+/m0/s1. The van der Waals surface area contributed by atoms with E-state index >= 15 is 0 Å². The molecule has 1 aromatic rings. The van der Waals surface area contributed by atoms with E-state index in [0.717, 1.165) is 5.92 Å². The Morgan fingerprint density at radius 2 is 1.92 bits per heavy atom. The van der Waals surface area contributed by atoms with Gasteiger partial charge in [0.05, 0.1) is 6.10 Å². The molecule has 0 N–H and O–H groups in total. The molecule has 2 atom stereocenters. The SMILES string of the molecule is CC(C)C[C@@H]1O[C@@H]1c1ccccc1. The summed E-state index contributed by atoms with van der Waals surface area (Å²) in [6.07, 6.45) is 2.03. The van der Waals surface area contributed by atoms with Gasteiger partial charge in [-0.1, -0.05) is 44.2 Å². The van der Waals surface area contributed by atoms with E-state index in [-0.39, 0.29) is 0 Å². The zero-order valence-corrected chi connectivity index (χ0v) is 8.23. The van der Waals surface area contributed by atoms with Gasteiger partial charge in [-0.2, -0.15) is 0 Å². The van der Waals surface area contributed by atoms with Gasteiger partial charge in [0.2, 0.25) is 0 Å². The second kappa shape index (κ2) is 3.51. The van der Waals surface area contributed by atoms with E-state index in [1.54, 1.807) is 0 Å². The first-order chi connectivity index (χ1) is 6.27. The molecule has 2 rings (SSSR count). The molecule has 1 heteroatoms. The average molecular weight is 176 g/mol. The van der Waals surface area contributed by atoms with Crippen LogP contribution >= 0.6 is 0 Å². The smallest absolute Gasteiger partial charge is 0.109 e. The second-order valence-electron chi connectivity index (χ2n) is 4.14. The lowest BCUT2D eigenvalue weighted by molar-refractivity contribution is 0.348. The summed E-state index contributed by atoms with van der Waals surface area (Å²) in [5.74, 6) is 0.735. The van der Waals surface area contributed by atoms with Gasteiger partial charge in [-0.25, -0.2) is 0 Å². The zero-order chi connectivity index (χ0) is 9.26. The summed E-state index contributed by atoms with van der Waals surface area (Å²) in [5, 5.41) is 0. The molecule has 1 fully saturated rings. The number of benzene rings is 1. The first kappa shape index (κ1) is 8.76. The van der Waals surface area contributed by atoms with Crippen LogP contribution in [0.4, 0.5) is 0 Å². The molecule has 13 heavy (non-hydrogen) atoms. The second-order valence-corrected chi connectivity index (χ2v) is 4.14. The fourth-order valence-electron chi connectivity index (χ4n) is 1.72. The van der Waals surface area contributed by atoms with Crippen LogP contribution in [0.5, 0.6) is 0 Å². The Kier molecular flexibility index (Phi) is 2.36. The van der Waals surface area contributed by atoms with Gasteiger partial charge in [-0.3, -0.25) is 0 Å². The molecule has 1 aliphatic rings. The van der Waals surface area contributed by atoms with E-state index < -0.39 is 0 Å². The predicted molar refractivity (Wildman–Crippen MR) is 53.5 cm³/mol. The molecule has 0 amide bonds. The summed E-state index contributed by atoms with van der Waals surface area (Å²) in [6, 6.07) is 10.5. The normalized spacial score (nSPS) is 26.4. The molecule has 70 valence electrons. The monoisotopic (exact) mass is 176 g/mol. The maximum absolute atomic E-state index is 5.61. The summed E-state index contributed by atoms with van der Waals surface area (Å²) >= 11 is 0. The molecule has 0 aliphatic carbocycles. The lowest BCUT2D eigenvalue weighted by Gasteiger charge is -1.99. The van der Waals surface area contributed by atoms with Crippen molar-refractivity contribution in [3.05, 3.63) is 35.9 Å². The third-order valence-corrected chi connectivity index (χ3v) is 2.41. The minimum atomic E-state index is 0.378. The van der Waals surface area contributed by atoms with Gasteiger partial charge in [0, 0.05) is 0 Å². The minimum absolute atomic E-state index is 0.378. The van der Waals surface area contributed by atoms with Gasteiger partial charge in [-0.15, -0.1) is 0 Å². The van der Waals surface area contributed by atoms with Crippen molar-refractivity contribution < 1.29 is 4.74 Å². The third kappa shape index (κ3) is 2.10. The average Bonchev–Trinajstić information content (AvgIpc) is 2.84. The topological polar surface area (TPSA) is 12.5 Å². The van der Waals surface area contributed by atoms with E-state index in [4.69, 9.17) is 4.74 Å². The van der Waals surface area contributed by atoms with Gasteiger partial charge >= 0.3 is 0 Å². The Morgan fingerprint density at radius 1 is 1.23 bits per heavy atom. The van der Waals surface area contributed by atoms with Crippen molar-refractivity contribution >= 4 is 0 Å². The zero-order valence-electron chi connectivity index (χ0n) is 8.23. The van der Waals surface area contributed by atoms with E-state index in [2.05, 4.69) is 38.1 Å². The first-order valence-corrected chi connectivity index (χ1v) is 4.98. The lowest BCUT2D eigenvalue weighted by Crippen LogP contribution is -1.95. The highest BCUT2D eigenvalue weighted by Crippen LogP contribution is 2.41. The molecule has 1 nitrogen and oxygen atoms in total. The number of hydrogen-bond acceptors (Lipinski definition) is 1. The molecule has 1 aliphatic heterocycles. The summed E-state index contributed by atoms with van der Waals surface area (Å²) in [4.78, 5) is 0. The molecule has 0 bridgehead atoms. The van der Waals surface area contributed by atoms with Crippen molar-refractivity contribution in [1.82, 2.24) is 0 Å². The first-order valence-electron chi connectivity index (χ1n) is 4.98. The van der Waals surface area contributed by atoms with E-state index in [9.17, 15) is 0 Å². The summed E-state index contributed by atoms with van der Waals surface area (Å²) in [7, 11) is 0. The van der Waals surface area contributed by atoms with Gasteiger partial charge in [0.1, 0.15) is 6.10 Å². The molecule has 0 saturated carbocycles. The highest BCUT2D eigenvalue weighted by molar-refractivity contribution is 5.22. The largest absolute Gasteiger partial charge is 0.364 e. The highest BCUT2D eigenvalue weighted by atomic mass is 16.6. The summed E-state index contributed by atoms with van der Waals surface area (Å²) in [6.45, 7) is 4.48. The van der Waals surface area contributed by atoms with Crippen LogP contribution in [-0.4, -0.2) is 6.10 Å². The maximum Gasteiger partial charge on any atom is 0.109 e. The number of epoxide rings is 1. The lowest BCUT2D eigenvalue weighted by atomic mass is 10.0. The van der Waals surface area contributed by atoms with Crippen LogP contribution in [0.2, 0.25) is 0 Å². The summed E-state index contributed by atoms with van der Waals surface area (Å²) < 4.78 is 5.61. The molecule has 1 aromatic carbocycles. The predicted octanol–water partition coefficient (Wildman–Crippen LogP) is 3.17. The highest BCUT2D eigenvalue weighted by Gasteiger charge is 2.39. The van der Waals surface area contributed by atoms with Crippen molar-refractivity contribution in [1.29, 1.82) is 0 Å². The van der Waals surface area contributed by atoms with Crippen LogP contribution < -0.4 is 0 Å². The molecule has 0 radical (unpaired) electrons. The Bertz CT molecular complexity index is 266. The maximum atomic E-state index is 5.61. The molecular weight excluding hydrogens is 160 g/mol.